The van der Waals surface area contributed by atoms with Crippen molar-refractivity contribution in [1.29, 1.82) is 0 Å². The Bertz CT molecular complexity index is 1400. The number of carbonyl (C=O) groups is 1. The zero-order chi connectivity index (χ0) is 24.8. The lowest BCUT2D eigenvalue weighted by atomic mass is 10.2. The highest BCUT2D eigenvalue weighted by Crippen LogP contribution is 2.31. The number of carbonyl (C=O) groups excluding carboxylic acids is 1. The van der Waals surface area contributed by atoms with Crippen LogP contribution in [0.2, 0.25) is 0 Å². The molecule has 35 heavy (non-hydrogen) atoms. The molecule has 0 saturated carbocycles. The average molecular weight is 516 g/mol. The summed E-state index contributed by atoms with van der Waals surface area (Å²) in [4.78, 5) is 20.6. The molecule has 0 aliphatic rings. The minimum atomic E-state index is -3.76. The quantitative estimate of drug-likeness (QED) is 0.323. The van der Waals surface area contributed by atoms with Crippen molar-refractivity contribution < 1.29 is 27.2 Å². The Morgan fingerprint density at radius 3 is 2.54 bits per heavy atom. The first-order valence-corrected chi connectivity index (χ1v) is 12.6. The van der Waals surface area contributed by atoms with Gasteiger partial charge in [-0.3, -0.25) is 9.52 Å². The van der Waals surface area contributed by atoms with Crippen molar-refractivity contribution in [1.82, 2.24) is 15.1 Å². The van der Waals surface area contributed by atoms with Gasteiger partial charge in [-0.25, -0.2) is 13.4 Å². The molecule has 0 atom stereocenters. The fourth-order valence-corrected chi connectivity index (χ4v) is 4.85. The number of aryl methyl sites for hydroxylation is 1. The van der Waals surface area contributed by atoms with E-state index in [4.69, 9.17) is 14.0 Å². The van der Waals surface area contributed by atoms with Crippen molar-refractivity contribution in [2.75, 3.05) is 24.3 Å². The summed E-state index contributed by atoms with van der Waals surface area (Å²) >= 11 is 1.18. The highest BCUT2D eigenvalue weighted by atomic mass is 32.2. The molecular formula is C22H21N5O6S2. The summed E-state index contributed by atoms with van der Waals surface area (Å²) in [6.07, 6.45) is 1.84. The summed E-state index contributed by atoms with van der Waals surface area (Å²) in [5.74, 6) is 1.50. The zero-order valence-electron chi connectivity index (χ0n) is 18.7. The first-order chi connectivity index (χ1) is 16.9. The van der Waals surface area contributed by atoms with E-state index >= 15 is 0 Å². The lowest BCUT2D eigenvalue weighted by Gasteiger charge is -2.07. The second kappa shape index (κ2) is 10.5. The Labute approximate surface area is 205 Å². The van der Waals surface area contributed by atoms with Gasteiger partial charge in [0.05, 0.1) is 19.1 Å². The number of methoxy groups -OCH3 is 2. The van der Waals surface area contributed by atoms with Crippen LogP contribution in [0.1, 0.15) is 12.3 Å². The molecule has 0 bridgehead atoms. The molecule has 0 saturated heterocycles. The van der Waals surface area contributed by atoms with Crippen molar-refractivity contribution in [2.24, 2.45) is 0 Å². The third-order valence-electron chi connectivity index (χ3n) is 4.78. The molecule has 1 amide bonds. The van der Waals surface area contributed by atoms with Gasteiger partial charge >= 0.3 is 0 Å². The lowest BCUT2D eigenvalue weighted by Crippen LogP contribution is -2.14. The maximum absolute atomic E-state index is 12.4. The molecule has 0 fully saturated rings. The van der Waals surface area contributed by atoms with Crippen molar-refractivity contribution in [3.8, 4) is 22.9 Å². The van der Waals surface area contributed by atoms with E-state index in [-0.39, 0.29) is 28.8 Å². The predicted molar refractivity (Wildman–Crippen MR) is 129 cm³/mol. The smallest absolute Gasteiger partial charge is 0.263 e. The molecule has 0 spiro atoms. The van der Waals surface area contributed by atoms with Gasteiger partial charge in [-0.15, -0.1) is 11.3 Å². The van der Waals surface area contributed by atoms with Crippen LogP contribution in [0.15, 0.2) is 63.5 Å². The summed E-state index contributed by atoms with van der Waals surface area (Å²) in [5.41, 5.74) is 1.14. The topological polar surface area (TPSA) is 146 Å². The van der Waals surface area contributed by atoms with Gasteiger partial charge in [0.2, 0.25) is 17.6 Å². The lowest BCUT2D eigenvalue weighted by molar-refractivity contribution is -0.116. The number of hydrogen-bond donors (Lipinski definition) is 2. The van der Waals surface area contributed by atoms with Gasteiger partial charge in [0.15, 0.2) is 16.6 Å². The molecule has 13 heteroatoms. The Hall–Kier alpha value is -3.97. The normalized spacial score (nSPS) is 11.1. The molecule has 2 heterocycles. The number of benzene rings is 2. The fraction of sp³-hybridized carbons (Fsp3) is 0.182. The molecule has 0 radical (unpaired) electrons. The van der Waals surface area contributed by atoms with E-state index in [1.165, 1.54) is 48.9 Å². The SMILES string of the molecule is COc1ccc(-c2noc(CCC(=O)Nc3ccc(S(=O)(=O)Nc4nccs4)cc3)n2)cc1OC. The highest BCUT2D eigenvalue weighted by Gasteiger charge is 2.16. The Morgan fingerprint density at radius 2 is 1.86 bits per heavy atom. The van der Waals surface area contributed by atoms with Crippen LogP contribution in [0.5, 0.6) is 11.5 Å². The summed E-state index contributed by atoms with van der Waals surface area (Å²) < 4.78 is 43.0. The number of anilines is 2. The molecule has 11 nitrogen and oxygen atoms in total. The minimum absolute atomic E-state index is 0.0549. The third-order valence-corrected chi connectivity index (χ3v) is 6.95. The van der Waals surface area contributed by atoms with Crippen LogP contribution < -0.4 is 19.5 Å². The Morgan fingerprint density at radius 1 is 1.09 bits per heavy atom. The molecule has 2 aromatic carbocycles. The van der Waals surface area contributed by atoms with Crippen molar-refractivity contribution >= 4 is 38.1 Å². The van der Waals surface area contributed by atoms with Gasteiger partial charge in [-0.05, 0) is 42.5 Å². The molecule has 4 rings (SSSR count). The largest absolute Gasteiger partial charge is 0.493 e. The second-order valence-electron chi connectivity index (χ2n) is 7.10. The van der Waals surface area contributed by atoms with Gasteiger partial charge in [0, 0.05) is 35.7 Å². The van der Waals surface area contributed by atoms with E-state index < -0.39 is 10.0 Å². The number of ether oxygens (including phenoxy) is 2. The van der Waals surface area contributed by atoms with E-state index in [0.29, 0.717) is 34.5 Å². The Kier molecular flexibility index (Phi) is 7.27. The second-order valence-corrected chi connectivity index (χ2v) is 9.67. The first-order valence-electron chi connectivity index (χ1n) is 10.2. The van der Waals surface area contributed by atoms with Crippen LogP contribution in [0, 0.1) is 0 Å². The highest BCUT2D eigenvalue weighted by molar-refractivity contribution is 7.93. The zero-order valence-corrected chi connectivity index (χ0v) is 20.4. The van der Waals surface area contributed by atoms with Crippen LogP contribution >= 0.6 is 11.3 Å². The number of sulfonamides is 1. The Balaban J connectivity index is 1.32. The van der Waals surface area contributed by atoms with Gasteiger partial charge in [0.1, 0.15) is 0 Å². The standard InChI is InChI=1S/C22H21N5O6S2/c1-31-17-8-3-14(13-18(17)32-2)21-25-20(33-26-21)10-9-19(28)24-15-4-6-16(7-5-15)35(29,30)27-22-23-11-12-34-22/h3-8,11-13H,9-10H2,1-2H3,(H,23,27)(H,24,28). The van der Waals surface area contributed by atoms with Crippen molar-refractivity contribution in [2.45, 2.75) is 17.7 Å². The van der Waals surface area contributed by atoms with Crippen LogP contribution in [-0.4, -0.2) is 43.7 Å². The number of nitrogens with zero attached hydrogens (tertiary/aromatic N) is 3. The fourth-order valence-electron chi connectivity index (χ4n) is 3.06. The molecule has 2 aromatic heterocycles. The van der Waals surface area contributed by atoms with E-state index in [2.05, 4.69) is 25.2 Å². The maximum atomic E-state index is 12.4. The van der Waals surface area contributed by atoms with Crippen LogP contribution in [0.4, 0.5) is 10.8 Å². The van der Waals surface area contributed by atoms with Gasteiger partial charge in [-0.1, -0.05) is 5.16 Å². The van der Waals surface area contributed by atoms with Gasteiger partial charge in [-0.2, -0.15) is 4.98 Å². The number of rotatable bonds is 10. The third kappa shape index (κ3) is 5.94. The summed E-state index contributed by atoms with van der Waals surface area (Å²) in [6.45, 7) is 0. The van der Waals surface area contributed by atoms with E-state index in [1.54, 1.807) is 30.7 Å². The van der Waals surface area contributed by atoms with Crippen LogP contribution in [0.25, 0.3) is 11.4 Å². The molecule has 2 N–H and O–H groups in total. The van der Waals surface area contributed by atoms with E-state index in [9.17, 15) is 13.2 Å². The van der Waals surface area contributed by atoms with E-state index in [1.807, 2.05) is 0 Å². The number of amides is 1. The molecule has 0 aliphatic heterocycles. The molecule has 4 aromatic rings. The van der Waals surface area contributed by atoms with Crippen molar-refractivity contribution in [3.05, 3.63) is 59.9 Å². The molecular weight excluding hydrogens is 494 g/mol. The molecule has 0 unspecified atom stereocenters. The van der Waals surface area contributed by atoms with Crippen molar-refractivity contribution in [3.63, 3.8) is 0 Å². The summed E-state index contributed by atoms with van der Waals surface area (Å²) in [5, 5.41) is 8.62. The monoisotopic (exact) mass is 515 g/mol. The van der Waals surface area contributed by atoms with Gasteiger partial charge < -0.3 is 19.3 Å². The van der Waals surface area contributed by atoms with Crippen LogP contribution in [0.3, 0.4) is 0 Å². The number of nitrogens with one attached hydrogen (secondary N) is 2. The number of aromatic nitrogens is 3. The van der Waals surface area contributed by atoms with Crippen LogP contribution in [-0.2, 0) is 21.2 Å². The first kappa shape index (κ1) is 24.2. The number of hydrogen-bond acceptors (Lipinski definition) is 10. The molecule has 182 valence electrons. The maximum Gasteiger partial charge on any atom is 0.263 e. The minimum Gasteiger partial charge on any atom is -0.493 e. The summed E-state index contributed by atoms with van der Waals surface area (Å²) in [7, 11) is -0.677. The number of thiazole rings is 1. The van der Waals surface area contributed by atoms with Gasteiger partial charge in [0.25, 0.3) is 10.0 Å². The predicted octanol–water partition coefficient (Wildman–Crippen LogP) is 3.58. The molecule has 0 aliphatic carbocycles. The van der Waals surface area contributed by atoms with E-state index in [0.717, 1.165) is 0 Å². The average Bonchev–Trinajstić information content (AvgIpc) is 3.54. The summed E-state index contributed by atoms with van der Waals surface area (Å²) in [6, 6.07) is 11.1.